The van der Waals surface area contributed by atoms with Crippen LogP contribution in [-0.4, -0.2) is 40.3 Å². The number of nitrogens with zero attached hydrogens (tertiary/aromatic N) is 2. The van der Waals surface area contributed by atoms with Crippen LogP contribution in [0.1, 0.15) is 29.9 Å². The number of pyridine rings is 1. The van der Waals surface area contributed by atoms with E-state index in [1.807, 2.05) is 0 Å². The molecule has 21 heavy (non-hydrogen) atoms. The molecule has 0 spiro atoms. The van der Waals surface area contributed by atoms with Crippen LogP contribution in [-0.2, 0) is 11.0 Å². The molecule has 2 heterocycles. The Morgan fingerprint density at radius 2 is 2.05 bits per heavy atom. The van der Waals surface area contributed by atoms with Crippen molar-refractivity contribution in [3.8, 4) is 0 Å². The molecule has 1 aliphatic heterocycles. The summed E-state index contributed by atoms with van der Waals surface area (Å²) in [6.07, 6.45) is -3.67. The molecule has 5 nitrogen and oxygen atoms in total. The summed E-state index contributed by atoms with van der Waals surface area (Å²) < 4.78 is 37.3. The summed E-state index contributed by atoms with van der Waals surface area (Å²) in [7, 11) is 0. The summed E-state index contributed by atoms with van der Waals surface area (Å²) in [5, 5.41) is 2.64. The molecular formula is C13H14F3N3O2. The number of carbonyl (C=O) groups excluding carboxylic acids is 2. The predicted molar refractivity (Wildman–Crippen MR) is 67.4 cm³/mol. The van der Waals surface area contributed by atoms with E-state index < -0.39 is 23.3 Å². The van der Waals surface area contributed by atoms with E-state index in [0.717, 1.165) is 18.3 Å². The number of rotatable bonds is 1. The highest BCUT2D eigenvalue weighted by atomic mass is 19.4. The molecule has 0 aliphatic carbocycles. The largest absolute Gasteiger partial charge is 0.433 e. The van der Waals surface area contributed by atoms with Crippen LogP contribution in [0.15, 0.2) is 18.3 Å². The number of carbonyl (C=O) groups is 2. The molecule has 0 aromatic carbocycles. The molecule has 1 N–H and O–H groups in total. The van der Waals surface area contributed by atoms with Gasteiger partial charge < -0.3 is 10.2 Å². The molecule has 0 bridgehead atoms. The van der Waals surface area contributed by atoms with Crippen molar-refractivity contribution in [2.75, 3.05) is 13.1 Å². The topological polar surface area (TPSA) is 62.3 Å². The van der Waals surface area contributed by atoms with Crippen molar-refractivity contribution in [1.29, 1.82) is 0 Å². The smallest absolute Gasteiger partial charge is 0.352 e. The van der Waals surface area contributed by atoms with Crippen LogP contribution in [0.2, 0.25) is 0 Å². The van der Waals surface area contributed by atoms with Gasteiger partial charge in [-0.3, -0.25) is 14.6 Å². The van der Waals surface area contributed by atoms with Crippen molar-refractivity contribution in [1.82, 2.24) is 15.2 Å². The summed E-state index contributed by atoms with van der Waals surface area (Å²) >= 11 is 0. The fourth-order valence-electron chi connectivity index (χ4n) is 2.10. The molecule has 2 amide bonds. The molecule has 0 atom stereocenters. The van der Waals surface area contributed by atoms with Crippen molar-refractivity contribution in [3.63, 3.8) is 0 Å². The Morgan fingerprint density at radius 3 is 2.57 bits per heavy atom. The first-order valence-electron chi connectivity index (χ1n) is 6.27. The molecule has 2 rings (SSSR count). The standard InChI is InChI=1S/C13H14F3N3O2/c1-12(2)11(21)17-5-6-19(12)10(20)8-3-4-9(18-7-8)13(14,15)16/h3-4,7H,5-6H2,1-2H3,(H,17,21). The number of nitrogens with one attached hydrogen (secondary N) is 1. The lowest BCUT2D eigenvalue weighted by Crippen LogP contribution is -2.63. The molecule has 0 saturated carbocycles. The zero-order chi connectivity index (χ0) is 15.8. The van der Waals surface area contributed by atoms with Gasteiger partial charge in [0, 0.05) is 19.3 Å². The van der Waals surface area contributed by atoms with Gasteiger partial charge in [-0.05, 0) is 26.0 Å². The Labute approximate surface area is 119 Å². The molecule has 1 saturated heterocycles. The van der Waals surface area contributed by atoms with E-state index in [4.69, 9.17) is 0 Å². The van der Waals surface area contributed by atoms with Crippen molar-refractivity contribution in [2.45, 2.75) is 25.6 Å². The quantitative estimate of drug-likeness (QED) is 0.854. The Morgan fingerprint density at radius 1 is 1.38 bits per heavy atom. The molecule has 1 fully saturated rings. The minimum absolute atomic E-state index is 0.0192. The minimum atomic E-state index is -4.55. The zero-order valence-corrected chi connectivity index (χ0v) is 11.5. The Hall–Kier alpha value is -2.12. The lowest BCUT2D eigenvalue weighted by atomic mass is 9.98. The summed E-state index contributed by atoms with van der Waals surface area (Å²) in [6.45, 7) is 3.76. The average molecular weight is 301 g/mol. The first-order chi connectivity index (χ1) is 9.64. The molecular weight excluding hydrogens is 287 g/mol. The van der Waals surface area contributed by atoms with Gasteiger partial charge in [-0.15, -0.1) is 0 Å². The second-order valence-corrected chi connectivity index (χ2v) is 5.20. The van der Waals surface area contributed by atoms with E-state index in [9.17, 15) is 22.8 Å². The number of aromatic nitrogens is 1. The van der Waals surface area contributed by atoms with Crippen molar-refractivity contribution >= 4 is 11.8 Å². The van der Waals surface area contributed by atoms with Gasteiger partial charge in [-0.2, -0.15) is 13.2 Å². The third kappa shape index (κ3) is 2.84. The van der Waals surface area contributed by atoms with E-state index in [0.29, 0.717) is 13.1 Å². The van der Waals surface area contributed by atoms with Gasteiger partial charge >= 0.3 is 6.18 Å². The summed E-state index contributed by atoms with van der Waals surface area (Å²) in [5.74, 6) is -0.821. The maximum atomic E-state index is 12.4. The van der Waals surface area contributed by atoms with Crippen LogP contribution in [0.5, 0.6) is 0 Å². The van der Waals surface area contributed by atoms with E-state index in [2.05, 4.69) is 10.3 Å². The van der Waals surface area contributed by atoms with E-state index in [-0.39, 0.29) is 11.5 Å². The first kappa shape index (κ1) is 15.3. The van der Waals surface area contributed by atoms with Crippen LogP contribution in [0, 0.1) is 0 Å². The van der Waals surface area contributed by atoms with Gasteiger partial charge in [0.1, 0.15) is 11.2 Å². The molecule has 0 radical (unpaired) electrons. The number of amides is 2. The van der Waals surface area contributed by atoms with Crippen molar-refractivity contribution < 1.29 is 22.8 Å². The Balaban J connectivity index is 2.26. The predicted octanol–water partition coefficient (Wildman–Crippen LogP) is 1.45. The number of halogens is 3. The van der Waals surface area contributed by atoms with Gasteiger partial charge in [0.15, 0.2) is 0 Å². The second-order valence-electron chi connectivity index (χ2n) is 5.20. The molecule has 1 aromatic heterocycles. The highest BCUT2D eigenvalue weighted by molar-refractivity contribution is 5.99. The lowest BCUT2D eigenvalue weighted by molar-refractivity contribution is -0.141. The summed E-state index contributed by atoms with van der Waals surface area (Å²) in [6, 6.07) is 1.82. The van der Waals surface area contributed by atoms with Crippen molar-refractivity contribution in [2.24, 2.45) is 0 Å². The fourth-order valence-corrected chi connectivity index (χ4v) is 2.10. The third-order valence-electron chi connectivity index (χ3n) is 3.40. The third-order valence-corrected chi connectivity index (χ3v) is 3.40. The Kier molecular flexibility index (Phi) is 3.65. The SMILES string of the molecule is CC1(C)C(=O)NCCN1C(=O)c1ccc(C(F)(F)F)nc1. The van der Waals surface area contributed by atoms with E-state index in [1.54, 1.807) is 13.8 Å². The molecule has 0 unspecified atom stereocenters. The maximum Gasteiger partial charge on any atom is 0.433 e. The minimum Gasteiger partial charge on any atom is -0.352 e. The van der Waals surface area contributed by atoms with Crippen LogP contribution >= 0.6 is 0 Å². The summed E-state index contributed by atoms with van der Waals surface area (Å²) in [5.41, 5.74) is -2.10. The molecule has 1 aliphatic rings. The number of hydrogen-bond donors (Lipinski definition) is 1. The van der Waals surface area contributed by atoms with Gasteiger partial charge in [0.25, 0.3) is 5.91 Å². The second kappa shape index (κ2) is 5.01. The number of hydrogen-bond acceptors (Lipinski definition) is 3. The maximum absolute atomic E-state index is 12.4. The zero-order valence-electron chi connectivity index (χ0n) is 11.5. The molecule has 8 heteroatoms. The van der Waals surface area contributed by atoms with E-state index in [1.165, 1.54) is 4.90 Å². The molecule has 114 valence electrons. The Bertz CT molecular complexity index is 567. The van der Waals surface area contributed by atoms with Crippen LogP contribution < -0.4 is 5.32 Å². The monoisotopic (exact) mass is 301 g/mol. The van der Waals surface area contributed by atoms with Gasteiger partial charge in [0.2, 0.25) is 5.91 Å². The van der Waals surface area contributed by atoms with Crippen molar-refractivity contribution in [3.05, 3.63) is 29.6 Å². The van der Waals surface area contributed by atoms with Crippen LogP contribution in [0.3, 0.4) is 0 Å². The number of alkyl halides is 3. The normalized spacial score (nSPS) is 18.3. The highest BCUT2D eigenvalue weighted by Crippen LogP contribution is 2.28. The average Bonchev–Trinajstić information content (AvgIpc) is 2.40. The van der Waals surface area contributed by atoms with Crippen LogP contribution in [0.4, 0.5) is 13.2 Å². The lowest BCUT2D eigenvalue weighted by Gasteiger charge is -2.41. The van der Waals surface area contributed by atoms with Gasteiger partial charge in [-0.25, -0.2) is 0 Å². The molecule has 1 aromatic rings. The van der Waals surface area contributed by atoms with Crippen LogP contribution in [0.25, 0.3) is 0 Å². The summed E-state index contributed by atoms with van der Waals surface area (Å²) in [4.78, 5) is 28.7. The van der Waals surface area contributed by atoms with E-state index >= 15 is 0 Å². The van der Waals surface area contributed by atoms with Gasteiger partial charge in [0.05, 0.1) is 5.56 Å². The first-order valence-corrected chi connectivity index (χ1v) is 6.27. The fraction of sp³-hybridized carbons (Fsp3) is 0.462. The number of piperazine rings is 1. The highest BCUT2D eigenvalue weighted by Gasteiger charge is 2.41. The van der Waals surface area contributed by atoms with Gasteiger partial charge in [-0.1, -0.05) is 0 Å².